The van der Waals surface area contributed by atoms with Crippen molar-refractivity contribution in [3.05, 3.63) is 23.5 Å². The Balaban J connectivity index is 2.17. The average Bonchev–Trinajstić information content (AvgIpc) is 2.80. The number of halogens is 2. The Morgan fingerprint density at radius 3 is 2.47 bits per heavy atom. The highest BCUT2D eigenvalue weighted by molar-refractivity contribution is 6.59. The van der Waals surface area contributed by atoms with E-state index in [4.69, 9.17) is 10.0 Å². The summed E-state index contributed by atoms with van der Waals surface area (Å²) in [6.45, 7) is 2.55. The Labute approximate surface area is 111 Å². The Morgan fingerprint density at radius 1 is 1.32 bits per heavy atom. The van der Waals surface area contributed by atoms with Crippen molar-refractivity contribution in [2.24, 2.45) is 0 Å². The lowest BCUT2D eigenvalue weighted by Gasteiger charge is -2.23. The van der Waals surface area contributed by atoms with Crippen LogP contribution in [0.5, 0.6) is 0 Å². The SMILES string of the molecule is Cc1nc(C(F)(F)CN2CCCC2)ccc1B(O)O. The zero-order chi connectivity index (χ0) is 14.0. The van der Waals surface area contributed by atoms with Gasteiger partial charge in [-0.1, -0.05) is 6.07 Å². The summed E-state index contributed by atoms with van der Waals surface area (Å²) in [5.74, 6) is -3.02. The van der Waals surface area contributed by atoms with Gasteiger partial charge in [0.05, 0.1) is 6.54 Å². The molecule has 0 radical (unpaired) electrons. The lowest BCUT2D eigenvalue weighted by atomic mass is 9.79. The molecule has 0 bridgehead atoms. The van der Waals surface area contributed by atoms with E-state index in [1.165, 1.54) is 13.0 Å². The van der Waals surface area contributed by atoms with Gasteiger partial charge in [-0.3, -0.25) is 9.88 Å². The summed E-state index contributed by atoms with van der Waals surface area (Å²) in [6.07, 6.45) is 1.91. The quantitative estimate of drug-likeness (QED) is 0.770. The molecule has 0 spiro atoms. The number of hydrogen-bond donors (Lipinski definition) is 2. The minimum Gasteiger partial charge on any atom is -0.423 e. The van der Waals surface area contributed by atoms with Crippen LogP contribution in [0.3, 0.4) is 0 Å². The maximum absolute atomic E-state index is 14.1. The molecule has 2 N–H and O–H groups in total. The van der Waals surface area contributed by atoms with Crippen LogP contribution in [0.25, 0.3) is 0 Å². The Morgan fingerprint density at radius 2 is 1.95 bits per heavy atom. The fourth-order valence-corrected chi connectivity index (χ4v) is 2.35. The predicted molar refractivity (Wildman–Crippen MR) is 68.4 cm³/mol. The maximum atomic E-state index is 14.1. The molecule has 0 saturated carbocycles. The first kappa shape index (κ1) is 14.4. The van der Waals surface area contributed by atoms with Crippen LogP contribution in [0, 0.1) is 6.92 Å². The Bertz CT molecular complexity index is 451. The Hall–Kier alpha value is -1.05. The fraction of sp³-hybridized carbons (Fsp3) is 0.583. The van der Waals surface area contributed by atoms with E-state index in [2.05, 4.69) is 4.98 Å². The van der Waals surface area contributed by atoms with E-state index < -0.39 is 13.0 Å². The summed E-state index contributed by atoms with van der Waals surface area (Å²) >= 11 is 0. The molecule has 1 aromatic heterocycles. The molecule has 1 fully saturated rings. The second-order valence-corrected chi connectivity index (χ2v) is 4.93. The van der Waals surface area contributed by atoms with Gasteiger partial charge in [0.1, 0.15) is 5.69 Å². The van der Waals surface area contributed by atoms with Crippen molar-refractivity contribution in [2.45, 2.75) is 25.7 Å². The minimum absolute atomic E-state index is 0.153. The average molecular weight is 270 g/mol. The van der Waals surface area contributed by atoms with Gasteiger partial charge in [0, 0.05) is 11.2 Å². The van der Waals surface area contributed by atoms with Crippen LogP contribution < -0.4 is 5.46 Å². The second kappa shape index (κ2) is 5.52. The van der Waals surface area contributed by atoms with Crippen LogP contribution in [-0.4, -0.2) is 46.7 Å². The summed E-state index contributed by atoms with van der Waals surface area (Å²) in [7, 11) is -1.69. The highest BCUT2D eigenvalue weighted by Crippen LogP contribution is 2.28. The fourth-order valence-electron chi connectivity index (χ4n) is 2.35. The van der Waals surface area contributed by atoms with Gasteiger partial charge in [-0.15, -0.1) is 0 Å². The van der Waals surface area contributed by atoms with E-state index in [1.807, 2.05) is 0 Å². The van der Waals surface area contributed by atoms with Crippen molar-refractivity contribution in [2.75, 3.05) is 19.6 Å². The zero-order valence-electron chi connectivity index (χ0n) is 10.8. The number of rotatable bonds is 4. The smallest absolute Gasteiger partial charge is 0.423 e. The Kier molecular flexibility index (Phi) is 4.18. The van der Waals surface area contributed by atoms with Gasteiger partial charge < -0.3 is 10.0 Å². The molecule has 1 aliphatic heterocycles. The second-order valence-electron chi connectivity index (χ2n) is 4.93. The number of alkyl halides is 2. The molecule has 0 atom stereocenters. The number of aromatic nitrogens is 1. The molecule has 0 aliphatic carbocycles. The van der Waals surface area contributed by atoms with E-state index in [1.54, 1.807) is 4.90 Å². The van der Waals surface area contributed by atoms with Gasteiger partial charge in [0.15, 0.2) is 0 Å². The van der Waals surface area contributed by atoms with Crippen molar-refractivity contribution in [3.8, 4) is 0 Å². The number of pyridine rings is 1. The molecule has 7 heteroatoms. The summed E-state index contributed by atoms with van der Waals surface area (Å²) < 4.78 is 28.2. The molecule has 1 saturated heterocycles. The summed E-state index contributed by atoms with van der Waals surface area (Å²) in [5.41, 5.74) is 0.0515. The highest BCUT2D eigenvalue weighted by Gasteiger charge is 2.36. The molecule has 0 unspecified atom stereocenters. The van der Waals surface area contributed by atoms with Crippen molar-refractivity contribution < 1.29 is 18.8 Å². The first-order valence-corrected chi connectivity index (χ1v) is 6.34. The van der Waals surface area contributed by atoms with Crippen molar-refractivity contribution in [1.29, 1.82) is 0 Å². The molecule has 1 aliphatic rings. The molecule has 1 aromatic rings. The zero-order valence-corrected chi connectivity index (χ0v) is 10.8. The number of likely N-dealkylation sites (tertiary alicyclic amines) is 1. The lowest BCUT2D eigenvalue weighted by molar-refractivity contribution is -0.0367. The normalized spacial score (nSPS) is 16.9. The first-order chi connectivity index (χ1) is 8.90. The molecule has 4 nitrogen and oxygen atoms in total. The van der Waals surface area contributed by atoms with Gasteiger partial charge in [-0.25, -0.2) is 0 Å². The van der Waals surface area contributed by atoms with Gasteiger partial charge in [0.25, 0.3) is 0 Å². The molecule has 0 amide bonds. The first-order valence-electron chi connectivity index (χ1n) is 6.34. The van der Waals surface area contributed by atoms with Crippen molar-refractivity contribution >= 4 is 12.6 Å². The number of aryl methyl sites for hydroxylation is 1. The van der Waals surface area contributed by atoms with Crippen molar-refractivity contribution in [1.82, 2.24) is 9.88 Å². The summed E-state index contributed by atoms with van der Waals surface area (Å²) in [6, 6.07) is 2.46. The molecule has 0 aromatic carbocycles. The third-order valence-corrected chi connectivity index (χ3v) is 3.40. The van der Waals surface area contributed by atoms with E-state index in [0.29, 0.717) is 13.1 Å². The van der Waals surface area contributed by atoms with E-state index in [9.17, 15) is 8.78 Å². The van der Waals surface area contributed by atoms with E-state index in [-0.39, 0.29) is 23.4 Å². The molecular formula is C12H17BF2N2O2. The maximum Gasteiger partial charge on any atom is 0.490 e. The lowest BCUT2D eigenvalue weighted by Crippen LogP contribution is -2.37. The van der Waals surface area contributed by atoms with E-state index >= 15 is 0 Å². The minimum atomic E-state index is -3.02. The monoisotopic (exact) mass is 270 g/mol. The summed E-state index contributed by atoms with van der Waals surface area (Å²) in [5, 5.41) is 18.1. The van der Waals surface area contributed by atoms with Crippen LogP contribution in [0.15, 0.2) is 12.1 Å². The highest BCUT2D eigenvalue weighted by atomic mass is 19.3. The molecular weight excluding hydrogens is 253 g/mol. The van der Waals surface area contributed by atoms with Gasteiger partial charge >= 0.3 is 13.0 Å². The van der Waals surface area contributed by atoms with Crippen LogP contribution in [-0.2, 0) is 5.92 Å². The van der Waals surface area contributed by atoms with E-state index in [0.717, 1.165) is 18.9 Å². The van der Waals surface area contributed by atoms with Crippen LogP contribution in [0.1, 0.15) is 24.2 Å². The third kappa shape index (κ3) is 3.29. The molecule has 104 valence electrons. The number of hydrogen-bond acceptors (Lipinski definition) is 4. The molecule has 2 heterocycles. The number of nitrogens with zero attached hydrogens (tertiary/aromatic N) is 2. The summed E-state index contributed by atoms with van der Waals surface area (Å²) in [4.78, 5) is 5.54. The van der Waals surface area contributed by atoms with Crippen LogP contribution in [0.2, 0.25) is 0 Å². The van der Waals surface area contributed by atoms with Crippen molar-refractivity contribution in [3.63, 3.8) is 0 Å². The molecule has 2 rings (SSSR count). The van der Waals surface area contributed by atoms with Crippen LogP contribution >= 0.6 is 0 Å². The largest absolute Gasteiger partial charge is 0.490 e. The topological polar surface area (TPSA) is 56.6 Å². The molecule has 19 heavy (non-hydrogen) atoms. The van der Waals surface area contributed by atoms with Gasteiger partial charge in [-0.05, 0) is 38.9 Å². The van der Waals surface area contributed by atoms with Gasteiger partial charge in [0.2, 0.25) is 0 Å². The predicted octanol–water partition coefficient (Wildman–Crippen LogP) is 0.257. The van der Waals surface area contributed by atoms with Crippen LogP contribution in [0.4, 0.5) is 8.78 Å². The third-order valence-electron chi connectivity index (χ3n) is 3.40. The van der Waals surface area contributed by atoms with Gasteiger partial charge in [-0.2, -0.15) is 8.78 Å². The standard InChI is InChI=1S/C12H17BF2N2O2/c1-9-10(13(18)19)4-5-11(16-9)12(14,15)8-17-6-2-3-7-17/h4-5,18-19H,2-3,6-8H2,1H3.